The van der Waals surface area contributed by atoms with Crippen molar-refractivity contribution < 1.29 is 9.47 Å². The third-order valence-electron chi connectivity index (χ3n) is 3.08. The summed E-state index contributed by atoms with van der Waals surface area (Å²) in [5, 5.41) is 0. The summed E-state index contributed by atoms with van der Waals surface area (Å²) in [6.07, 6.45) is 7.95. The van der Waals surface area contributed by atoms with Crippen molar-refractivity contribution in [3.63, 3.8) is 0 Å². The molecule has 0 saturated carbocycles. The summed E-state index contributed by atoms with van der Waals surface area (Å²) in [5.74, 6) is -0.722. The van der Waals surface area contributed by atoms with E-state index in [1.54, 1.807) is 0 Å². The van der Waals surface area contributed by atoms with Gasteiger partial charge in [0.25, 0.3) is 0 Å². The van der Waals surface area contributed by atoms with E-state index in [9.17, 15) is 0 Å². The van der Waals surface area contributed by atoms with Crippen molar-refractivity contribution in [2.45, 2.75) is 26.6 Å². The van der Waals surface area contributed by atoms with E-state index >= 15 is 0 Å². The summed E-state index contributed by atoms with van der Waals surface area (Å²) in [6, 6.07) is 10.2. The van der Waals surface area contributed by atoms with Gasteiger partial charge in [0.2, 0.25) is 5.79 Å². The van der Waals surface area contributed by atoms with Gasteiger partial charge in [0.05, 0.1) is 13.2 Å². The highest BCUT2D eigenvalue weighted by Crippen LogP contribution is 2.31. The Hall–Kier alpha value is -1.38. The fourth-order valence-electron chi connectivity index (χ4n) is 1.96. The molecule has 1 saturated heterocycles. The highest BCUT2D eigenvalue weighted by molar-refractivity contribution is 5.50. The van der Waals surface area contributed by atoms with Crippen LogP contribution in [0.15, 0.2) is 48.6 Å². The van der Waals surface area contributed by atoms with Gasteiger partial charge in [0.1, 0.15) is 0 Å². The van der Waals surface area contributed by atoms with Gasteiger partial charge in [-0.3, -0.25) is 0 Å². The molecule has 2 nitrogen and oxygen atoms in total. The molecule has 0 N–H and O–H groups in total. The Morgan fingerprint density at radius 3 is 2.21 bits per heavy atom. The quantitative estimate of drug-likeness (QED) is 0.762. The van der Waals surface area contributed by atoms with E-state index in [0.29, 0.717) is 13.2 Å². The molecule has 0 atom stereocenters. The first-order valence-electron chi connectivity index (χ1n) is 6.71. The van der Waals surface area contributed by atoms with E-state index in [-0.39, 0.29) is 5.41 Å². The number of benzene rings is 1. The molecular formula is C17H22O2. The van der Waals surface area contributed by atoms with Crippen LogP contribution >= 0.6 is 0 Å². The molecule has 1 aliphatic heterocycles. The Bertz CT molecular complexity index is 447. The van der Waals surface area contributed by atoms with Gasteiger partial charge >= 0.3 is 0 Å². The van der Waals surface area contributed by atoms with Gasteiger partial charge in [-0.1, -0.05) is 56.3 Å². The molecule has 0 radical (unpaired) electrons. The number of hydrogen-bond donors (Lipinski definition) is 0. The van der Waals surface area contributed by atoms with Gasteiger partial charge in [-0.25, -0.2) is 0 Å². The molecule has 0 aromatic heterocycles. The zero-order chi connectivity index (χ0) is 13.8. The van der Waals surface area contributed by atoms with Crippen LogP contribution in [0.4, 0.5) is 0 Å². The van der Waals surface area contributed by atoms with E-state index in [1.165, 1.54) is 0 Å². The second-order valence-corrected chi connectivity index (χ2v) is 5.71. The zero-order valence-corrected chi connectivity index (χ0v) is 11.9. The maximum atomic E-state index is 5.95. The lowest BCUT2D eigenvalue weighted by Crippen LogP contribution is -2.45. The summed E-state index contributed by atoms with van der Waals surface area (Å²) >= 11 is 0. The van der Waals surface area contributed by atoms with Crippen LogP contribution in [-0.2, 0) is 9.47 Å². The summed E-state index contributed by atoms with van der Waals surface area (Å²) in [5.41, 5.74) is 1.22. The van der Waals surface area contributed by atoms with Crippen molar-refractivity contribution >= 4 is 6.08 Å². The number of hydrogen-bond acceptors (Lipinski definition) is 2. The van der Waals surface area contributed by atoms with Crippen molar-refractivity contribution in [3.05, 3.63) is 54.1 Å². The molecule has 1 aliphatic rings. The van der Waals surface area contributed by atoms with Gasteiger partial charge in [0, 0.05) is 5.41 Å². The molecule has 0 bridgehead atoms. The Balaban J connectivity index is 2.15. The molecule has 1 heterocycles. The van der Waals surface area contributed by atoms with E-state index in [0.717, 1.165) is 5.56 Å². The average molecular weight is 258 g/mol. The van der Waals surface area contributed by atoms with Crippen molar-refractivity contribution in [2.75, 3.05) is 13.2 Å². The summed E-state index contributed by atoms with van der Waals surface area (Å²) in [6.45, 7) is 7.65. The minimum Gasteiger partial charge on any atom is -0.342 e. The Labute approximate surface area is 115 Å². The fraction of sp³-hybridized carbons (Fsp3) is 0.412. The molecule has 1 fully saturated rings. The van der Waals surface area contributed by atoms with Crippen LogP contribution in [0, 0.1) is 5.41 Å². The van der Waals surface area contributed by atoms with Crippen LogP contribution in [0.5, 0.6) is 0 Å². The SMILES string of the molecule is C/C=C\C1(/C=C/c2ccccc2)OCC(C)(C)CO1. The zero-order valence-electron chi connectivity index (χ0n) is 11.9. The molecule has 0 aliphatic carbocycles. The van der Waals surface area contributed by atoms with Crippen LogP contribution in [0.3, 0.4) is 0 Å². The molecule has 19 heavy (non-hydrogen) atoms. The van der Waals surface area contributed by atoms with Gasteiger partial charge in [-0.15, -0.1) is 0 Å². The van der Waals surface area contributed by atoms with Crippen LogP contribution in [0.25, 0.3) is 6.08 Å². The largest absolute Gasteiger partial charge is 0.342 e. The number of ether oxygens (including phenoxy) is 2. The average Bonchev–Trinajstić information content (AvgIpc) is 2.41. The summed E-state index contributed by atoms with van der Waals surface area (Å²) in [7, 11) is 0. The maximum Gasteiger partial charge on any atom is 0.208 e. The van der Waals surface area contributed by atoms with Crippen LogP contribution in [0.2, 0.25) is 0 Å². The van der Waals surface area contributed by atoms with Crippen LogP contribution in [-0.4, -0.2) is 19.0 Å². The smallest absolute Gasteiger partial charge is 0.208 e. The minimum absolute atomic E-state index is 0.0751. The first-order valence-corrected chi connectivity index (χ1v) is 6.71. The Morgan fingerprint density at radius 1 is 1.00 bits per heavy atom. The van der Waals surface area contributed by atoms with Crippen LogP contribution in [0.1, 0.15) is 26.3 Å². The molecule has 2 heteroatoms. The van der Waals surface area contributed by atoms with Gasteiger partial charge in [-0.2, -0.15) is 0 Å². The topological polar surface area (TPSA) is 18.5 Å². The van der Waals surface area contributed by atoms with Gasteiger partial charge in [-0.05, 0) is 24.6 Å². The molecule has 1 aromatic carbocycles. The molecule has 0 amide bonds. The first-order chi connectivity index (χ1) is 9.05. The van der Waals surface area contributed by atoms with Crippen LogP contribution < -0.4 is 0 Å². The number of allylic oxidation sites excluding steroid dienone is 1. The molecule has 0 unspecified atom stereocenters. The van der Waals surface area contributed by atoms with Gasteiger partial charge in [0.15, 0.2) is 0 Å². The first kappa shape index (κ1) is 14.0. The molecule has 102 valence electrons. The molecule has 2 rings (SSSR count). The second-order valence-electron chi connectivity index (χ2n) is 5.71. The monoisotopic (exact) mass is 258 g/mol. The summed E-state index contributed by atoms with van der Waals surface area (Å²) < 4.78 is 11.9. The highest BCUT2D eigenvalue weighted by Gasteiger charge is 2.36. The van der Waals surface area contributed by atoms with E-state index in [1.807, 2.05) is 49.4 Å². The lowest BCUT2D eigenvalue weighted by molar-refractivity contribution is -0.245. The third-order valence-corrected chi connectivity index (χ3v) is 3.08. The molecular weight excluding hydrogens is 236 g/mol. The van der Waals surface area contributed by atoms with E-state index in [2.05, 4.69) is 26.0 Å². The minimum atomic E-state index is -0.722. The normalized spacial score (nSPS) is 22.1. The fourth-order valence-corrected chi connectivity index (χ4v) is 1.96. The molecule has 1 aromatic rings. The predicted octanol–water partition coefficient (Wildman–Crippen LogP) is 4.05. The van der Waals surface area contributed by atoms with Crippen molar-refractivity contribution in [2.24, 2.45) is 5.41 Å². The van der Waals surface area contributed by atoms with Crippen molar-refractivity contribution in [1.82, 2.24) is 0 Å². The van der Waals surface area contributed by atoms with Crippen molar-refractivity contribution in [1.29, 1.82) is 0 Å². The lowest BCUT2D eigenvalue weighted by Gasteiger charge is -2.40. The third kappa shape index (κ3) is 3.79. The maximum absolute atomic E-state index is 5.95. The number of rotatable bonds is 3. The van der Waals surface area contributed by atoms with E-state index < -0.39 is 5.79 Å². The van der Waals surface area contributed by atoms with Gasteiger partial charge < -0.3 is 9.47 Å². The highest BCUT2D eigenvalue weighted by atomic mass is 16.7. The lowest BCUT2D eigenvalue weighted by atomic mass is 9.94. The molecule has 0 spiro atoms. The summed E-state index contributed by atoms with van der Waals surface area (Å²) in [4.78, 5) is 0. The second kappa shape index (κ2) is 5.72. The Kier molecular flexibility index (Phi) is 4.23. The standard InChI is InChI=1S/C17H22O2/c1-4-11-17(18-13-16(2,3)14-19-17)12-10-15-8-6-5-7-9-15/h4-12H,13-14H2,1-3H3/b11-4-,12-10+. The Morgan fingerprint density at radius 2 is 1.63 bits per heavy atom. The van der Waals surface area contributed by atoms with Crippen molar-refractivity contribution in [3.8, 4) is 0 Å². The van der Waals surface area contributed by atoms with E-state index in [4.69, 9.17) is 9.47 Å². The predicted molar refractivity (Wildman–Crippen MR) is 78.7 cm³/mol.